The Morgan fingerprint density at radius 3 is 1.59 bits per heavy atom. The van der Waals surface area contributed by atoms with Gasteiger partial charge in [0.15, 0.2) is 11.0 Å². The molecule has 34 heavy (non-hydrogen) atoms. The molecule has 0 amide bonds. The third-order valence-corrected chi connectivity index (χ3v) is 7.76. The number of alkyl halides is 6. The van der Waals surface area contributed by atoms with Crippen LogP contribution in [0, 0.1) is 0 Å². The van der Waals surface area contributed by atoms with Crippen molar-refractivity contribution in [2.24, 2.45) is 0 Å². The standard InChI is InChI=1S/C22H10Cl3F6O2P/c23-14-9-10-15(24)18(25)17(14)20(33)34(11-5-2-1-3-6-11)19(32)16-12(21(26,27)28)7-4-8-13(16)22(29,30)31/h1-10H. The molecule has 178 valence electrons. The van der Waals surface area contributed by atoms with Gasteiger partial charge in [0.05, 0.1) is 39.7 Å². The molecule has 0 saturated heterocycles. The van der Waals surface area contributed by atoms with Crippen molar-refractivity contribution in [3.05, 3.63) is 98.0 Å². The van der Waals surface area contributed by atoms with Crippen molar-refractivity contribution < 1.29 is 35.9 Å². The van der Waals surface area contributed by atoms with Gasteiger partial charge in [-0.25, -0.2) is 0 Å². The molecule has 0 fully saturated rings. The van der Waals surface area contributed by atoms with Gasteiger partial charge in [0, 0.05) is 5.56 Å². The van der Waals surface area contributed by atoms with Crippen molar-refractivity contribution in [2.45, 2.75) is 12.4 Å². The summed E-state index contributed by atoms with van der Waals surface area (Å²) in [6.45, 7) is 0. The van der Waals surface area contributed by atoms with E-state index >= 15 is 0 Å². The monoisotopic (exact) mass is 556 g/mol. The number of carbonyl (C=O) groups excluding carboxylic acids is 2. The molecular formula is C22H10Cl3F6O2P. The van der Waals surface area contributed by atoms with E-state index in [9.17, 15) is 35.9 Å². The van der Waals surface area contributed by atoms with Crippen LogP contribution in [0.5, 0.6) is 0 Å². The Labute approximate surface area is 205 Å². The number of benzene rings is 3. The minimum atomic E-state index is -5.31. The topological polar surface area (TPSA) is 34.1 Å². The highest BCUT2D eigenvalue weighted by Crippen LogP contribution is 2.50. The average molecular weight is 558 g/mol. The van der Waals surface area contributed by atoms with Gasteiger partial charge in [-0.3, -0.25) is 9.59 Å². The Kier molecular flexibility index (Phi) is 7.68. The van der Waals surface area contributed by atoms with Crippen LogP contribution < -0.4 is 5.30 Å². The summed E-state index contributed by atoms with van der Waals surface area (Å²) in [7, 11) is -3.01. The highest BCUT2D eigenvalue weighted by Gasteiger charge is 2.45. The molecule has 3 aromatic rings. The van der Waals surface area contributed by atoms with E-state index in [1.165, 1.54) is 42.5 Å². The largest absolute Gasteiger partial charge is 0.417 e. The highest BCUT2D eigenvalue weighted by atomic mass is 35.5. The maximum atomic E-state index is 13.7. The predicted octanol–water partition coefficient (Wildman–Crippen LogP) is 8.47. The van der Waals surface area contributed by atoms with Crippen LogP contribution in [-0.2, 0) is 12.4 Å². The van der Waals surface area contributed by atoms with Gasteiger partial charge in [0.2, 0.25) is 0 Å². The first kappa shape index (κ1) is 26.5. The van der Waals surface area contributed by atoms with Gasteiger partial charge in [-0.1, -0.05) is 71.2 Å². The molecule has 0 spiro atoms. The van der Waals surface area contributed by atoms with Crippen LogP contribution in [0.3, 0.4) is 0 Å². The van der Waals surface area contributed by atoms with Crippen molar-refractivity contribution in [2.75, 3.05) is 0 Å². The first-order valence-corrected chi connectivity index (χ1v) is 11.6. The number of rotatable bonds is 5. The quantitative estimate of drug-likeness (QED) is 0.179. The fraction of sp³-hybridized carbons (Fsp3) is 0.0909. The molecule has 1 unspecified atom stereocenters. The third-order valence-electron chi connectivity index (χ3n) is 4.57. The molecule has 0 aliphatic carbocycles. The van der Waals surface area contributed by atoms with E-state index in [-0.39, 0.29) is 20.4 Å². The average Bonchev–Trinajstić information content (AvgIpc) is 2.75. The lowest BCUT2D eigenvalue weighted by Crippen LogP contribution is -2.23. The molecule has 0 heterocycles. The maximum Gasteiger partial charge on any atom is 0.417 e. The lowest BCUT2D eigenvalue weighted by molar-refractivity contribution is -0.143. The minimum absolute atomic E-state index is 0.0929. The van der Waals surface area contributed by atoms with Crippen LogP contribution in [0.4, 0.5) is 26.3 Å². The lowest BCUT2D eigenvalue weighted by Gasteiger charge is -2.22. The highest BCUT2D eigenvalue weighted by molar-refractivity contribution is 7.96. The second kappa shape index (κ2) is 9.86. The van der Waals surface area contributed by atoms with Crippen LogP contribution >= 0.6 is 42.7 Å². The Morgan fingerprint density at radius 1 is 0.618 bits per heavy atom. The second-order valence-electron chi connectivity index (χ2n) is 6.72. The summed E-state index contributed by atoms with van der Waals surface area (Å²) in [5.41, 5.74) is -8.55. The van der Waals surface area contributed by atoms with E-state index < -0.39 is 53.6 Å². The van der Waals surface area contributed by atoms with Crippen LogP contribution in [0.2, 0.25) is 15.1 Å². The minimum Gasteiger partial charge on any atom is -0.288 e. The van der Waals surface area contributed by atoms with Gasteiger partial charge in [0.25, 0.3) is 0 Å². The molecule has 1 atom stereocenters. The van der Waals surface area contributed by atoms with E-state index in [2.05, 4.69) is 0 Å². The summed E-state index contributed by atoms with van der Waals surface area (Å²) in [6.07, 6.45) is -10.6. The van der Waals surface area contributed by atoms with Crippen LogP contribution in [-0.4, -0.2) is 11.0 Å². The molecule has 0 aliphatic heterocycles. The van der Waals surface area contributed by atoms with E-state index in [4.69, 9.17) is 34.8 Å². The van der Waals surface area contributed by atoms with Crippen molar-refractivity contribution in [3.8, 4) is 0 Å². The summed E-state index contributed by atoms with van der Waals surface area (Å²) >= 11 is 18.1. The Morgan fingerprint density at radius 2 is 1.09 bits per heavy atom. The van der Waals surface area contributed by atoms with Gasteiger partial charge in [-0.15, -0.1) is 0 Å². The normalized spacial score (nSPS) is 13.0. The SMILES string of the molecule is O=C(c1c(C(F)(F)F)cccc1C(F)(F)F)P(C(=O)c1c(Cl)ccc(Cl)c1Cl)c1ccccc1. The van der Waals surface area contributed by atoms with Crippen molar-refractivity contribution >= 4 is 59.1 Å². The molecule has 2 nitrogen and oxygen atoms in total. The smallest absolute Gasteiger partial charge is 0.288 e. The van der Waals surface area contributed by atoms with Gasteiger partial charge < -0.3 is 0 Å². The second-order valence-corrected chi connectivity index (χ2v) is 9.92. The van der Waals surface area contributed by atoms with Gasteiger partial charge in [-0.05, 0) is 29.6 Å². The van der Waals surface area contributed by atoms with Crippen molar-refractivity contribution in [1.29, 1.82) is 0 Å². The molecule has 3 aromatic carbocycles. The zero-order valence-electron chi connectivity index (χ0n) is 16.4. The summed E-state index contributed by atoms with van der Waals surface area (Å²) in [4.78, 5) is 27.0. The molecule has 12 heteroatoms. The van der Waals surface area contributed by atoms with E-state index in [1.807, 2.05) is 0 Å². The summed E-state index contributed by atoms with van der Waals surface area (Å²) in [5.74, 6) is 0. The molecule has 0 radical (unpaired) electrons. The number of carbonyl (C=O) groups is 2. The number of hydrogen-bond donors (Lipinski definition) is 0. The lowest BCUT2D eigenvalue weighted by atomic mass is 10.0. The fourth-order valence-electron chi connectivity index (χ4n) is 3.11. The van der Waals surface area contributed by atoms with E-state index in [0.29, 0.717) is 18.2 Å². The molecule has 0 aliphatic rings. The maximum absolute atomic E-state index is 13.7. The summed E-state index contributed by atoms with van der Waals surface area (Å²) in [5, 5.41) is -0.882. The molecular weight excluding hydrogens is 548 g/mol. The first-order valence-electron chi connectivity index (χ1n) is 9.10. The summed E-state index contributed by atoms with van der Waals surface area (Å²) in [6, 6.07) is 10.4. The zero-order valence-corrected chi connectivity index (χ0v) is 19.6. The molecule has 0 bridgehead atoms. The molecule has 0 aromatic heterocycles. The predicted molar refractivity (Wildman–Crippen MR) is 120 cm³/mol. The van der Waals surface area contributed by atoms with Gasteiger partial charge in [-0.2, -0.15) is 26.3 Å². The number of halogens is 9. The van der Waals surface area contributed by atoms with E-state index in [0.717, 1.165) is 0 Å². The van der Waals surface area contributed by atoms with Crippen LogP contribution in [0.25, 0.3) is 0 Å². The van der Waals surface area contributed by atoms with E-state index in [1.54, 1.807) is 0 Å². The van der Waals surface area contributed by atoms with Gasteiger partial charge in [0.1, 0.15) is 0 Å². The van der Waals surface area contributed by atoms with Crippen molar-refractivity contribution in [1.82, 2.24) is 0 Å². The zero-order chi connectivity index (χ0) is 25.4. The van der Waals surface area contributed by atoms with Crippen LogP contribution in [0.15, 0.2) is 60.7 Å². The fourth-order valence-corrected chi connectivity index (χ4v) is 5.98. The Bertz CT molecular complexity index is 1230. The van der Waals surface area contributed by atoms with Gasteiger partial charge >= 0.3 is 12.4 Å². The Balaban J connectivity index is 2.34. The summed E-state index contributed by atoms with van der Waals surface area (Å²) < 4.78 is 82.1. The van der Waals surface area contributed by atoms with Crippen LogP contribution in [0.1, 0.15) is 31.8 Å². The molecule has 3 rings (SSSR count). The number of hydrogen-bond acceptors (Lipinski definition) is 2. The first-order chi connectivity index (χ1) is 15.7. The molecule has 0 N–H and O–H groups in total. The Hall–Kier alpha value is -2.12. The molecule has 0 saturated carbocycles. The third kappa shape index (κ3) is 5.25. The van der Waals surface area contributed by atoms with Crippen molar-refractivity contribution in [3.63, 3.8) is 0 Å².